The summed E-state index contributed by atoms with van der Waals surface area (Å²) in [6.07, 6.45) is -0.974. The van der Waals surface area contributed by atoms with Gasteiger partial charge in [-0.2, -0.15) is 18.2 Å². The van der Waals surface area contributed by atoms with Gasteiger partial charge in [-0.15, -0.1) is 0 Å². The number of likely N-dealkylation sites (tertiary alicyclic amines) is 1. The smallest absolute Gasteiger partial charge is 0.420 e. The van der Waals surface area contributed by atoms with Gasteiger partial charge < -0.3 is 25.2 Å². The van der Waals surface area contributed by atoms with Gasteiger partial charge in [0.25, 0.3) is 0 Å². The Bertz CT molecular complexity index is 1190. The number of ether oxygens (including phenoxy) is 1. The van der Waals surface area contributed by atoms with E-state index in [1.165, 1.54) is 12.1 Å². The second-order valence-electron chi connectivity index (χ2n) is 11.6. The number of rotatable bonds is 8. The fourth-order valence-electron chi connectivity index (χ4n) is 5.67. The third-order valence-corrected chi connectivity index (χ3v) is 7.11. The van der Waals surface area contributed by atoms with Gasteiger partial charge in [-0.05, 0) is 65.2 Å². The molecule has 0 bridgehead atoms. The van der Waals surface area contributed by atoms with Crippen molar-refractivity contribution in [3.8, 4) is 5.75 Å². The number of benzene rings is 1. The molecule has 0 unspecified atom stereocenters. The van der Waals surface area contributed by atoms with Crippen LogP contribution in [0.2, 0.25) is 0 Å². The first-order chi connectivity index (χ1) is 18.1. The molecule has 1 aromatic heterocycles. The van der Waals surface area contributed by atoms with Crippen LogP contribution in [0.3, 0.4) is 0 Å². The van der Waals surface area contributed by atoms with Gasteiger partial charge in [0, 0.05) is 42.8 Å². The van der Waals surface area contributed by atoms with E-state index in [0.717, 1.165) is 31.5 Å². The van der Waals surface area contributed by atoms with E-state index in [0.29, 0.717) is 13.0 Å². The summed E-state index contributed by atoms with van der Waals surface area (Å²) in [5.74, 6) is -0.936. The Hall–Kier alpha value is -3.15. The minimum atomic E-state index is -4.68. The SMILES string of the molecule is CN(c1nc(Nc2ccc(OCCN3CCCC3=O)c(C(F)(F)F)c2)ncc1F)C1CC(C)(C)NC(C)(C)C1. The molecule has 0 aliphatic carbocycles. The summed E-state index contributed by atoms with van der Waals surface area (Å²) in [4.78, 5) is 23.3. The van der Waals surface area contributed by atoms with Crippen molar-refractivity contribution in [1.82, 2.24) is 20.2 Å². The number of anilines is 3. The highest BCUT2D eigenvalue weighted by Crippen LogP contribution is 2.39. The Labute approximate surface area is 226 Å². The van der Waals surface area contributed by atoms with E-state index in [4.69, 9.17) is 4.74 Å². The number of piperidine rings is 1. The summed E-state index contributed by atoms with van der Waals surface area (Å²) in [7, 11) is 1.76. The number of alkyl halides is 3. The van der Waals surface area contributed by atoms with Crippen LogP contribution >= 0.6 is 0 Å². The third kappa shape index (κ3) is 7.09. The fourth-order valence-corrected chi connectivity index (χ4v) is 5.67. The minimum absolute atomic E-state index is 0.0161. The molecule has 2 aliphatic heterocycles. The number of hydrogen-bond acceptors (Lipinski definition) is 7. The minimum Gasteiger partial charge on any atom is -0.491 e. The van der Waals surface area contributed by atoms with Crippen molar-refractivity contribution >= 4 is 23.4 Å². The molecule has 0 saturated carbocycles. The zero-order valence-electron chi connectivity index (χ0n) is 23.0. The third-order valence-electron chi connectivity index (χ3n) is 7.11. The van der Waals surface area contributed by atoms with Gasteiger partial charge in [-0.3, -0.25) is 4.79 Å². The molecule has 2 N–H and O–H groups in total. The van der Waals surface area contributed by atoms with Crippen LogP contribution < -0.4 is 20.3 Å². The van der Waals surface area contributed by atoms with E-state index >= 15 is 0 Å². The molecule has 214 valence electrons. The van der Waals surface area contributed by atoms with Gasteiger partial charge in [0.15, 0.2) is 11.6 Å². The first-order valence-electron chi connectivity index (χ1n) is 13.1. The number of halogens is 4. The predicted molar refractivity (Wildman–Crippen MR) is 141 cm³/mol. The lowest BCUT2D eigenvalue weighted by Crippen LogP contribution is -2.62. The molecule has 0 radical (unpaired) electrons. The zero-order chi connectivity index (χ0) is 28.6. The molecule has 0 spiro atoms. The topological polar surface area (TPSA) is 82.6 Å². The highest BCUT2D eigenvalue weighted by atomic mass is 19.4. The zero-order valence-corrected chi connectivity index (χ0v) is 23.0. The molecule has 2 fully saturated rings. The maximum Gasteiger partial charge on any atom is 0.420 e. The van der Waals surface area contributed by atoms with Crippen LogP contribution in [0.15, 0.2) is 24.4 Å². The molecule has 12 heteroatoms. The predicted octanol–water partition coefficient (Wildman–Crippen LogP) is 5.12. The lowest BCUT2D eigenvalue weighted by molar-refractivity contribution is -0.139. The number of hydrogen-bond donors (Lipinski definition) is 2. The number of carbonyl (C=O) groups excluding carboxylic acids is 1. The quantitative estimate of drug-likeness (QED) is 0.440. The van der Waals surface area contributed by atoms with Crippen molar-refractivity contribution in [2.24, 2.45) is 0 Å². The Kier molecular flexibility index (Phi) is 7.98. The van der Waals surface area contributed by atoms with Gasteiger partial charge >= 0.3 is 6.18 Å². The lowest BCUT2D eigenvalue weighted by Gasteiger charge is -2.49. The largest absolute Gasteiger partial charge is 0.491 e. The molecule has 39 heavy (non-hydrogen) atoms. The number of carbonyl (C=O) groups is 1. The second kappa shape index (κ2) is 10.8. The summed E-state index contributed by atoms with van der Waals surface area (Å²) in [5, 5.41) is 6.36. The van der Waals surface area contributed by atoms with Gasteiger partial charge in [-0.1, -0.05) is 0 Å². The van der Waals surface area contributed by atoms with Crippen LogP contribution in [0.25, 0.3) is 0 Å². The van der Waals surface area contributed by atoms with Gasteiger partial charge in [0.1, 0.15) is 12.4 Å². The summed E-state index contributed by atoms with van der Waals surface area (Å²) in [6.45, 7) is 9.12. The van der Waals surface area contributed by atoms with Crippen LogP contribution in [0.5, 0.6) is 5.75 Å². The van der Waals surface area contributed by atoms with Crippen molar-refractivity contribution in [2.45, 2.75) is 76.7 Å². The molecule has 4 rings (SSSR count). The van der Waals surface area contributed by atoms with Gasteiger partial charge in [-0.25, -0.2) is 9.37 Å². The molecular weight excluding hydrogens is 516 g/mol. The van der Waals surface area contributed by atoms with E-state index in [2.05, 4.69) is 48.3 Å². The van der Waals surface area contributed by atoms with E-state index in [1.807, 2.05) is 0 Å². The molecule has 2 aliphatic rings. The molecule has 0 atom stereocenters. The molecule has 3 heterocycles. The van der Waals surface area contributed by atoms with E-state index in [9.17, 15) is 22.4 Å². The normalized spacial score (nSPS) is 19.3. The number of aromatic nitrogens is 2. The van der Waals surface area contributed by atoms with Crippen molar-refractivity contribution in [2.75, 3.05) is 37.0 Å². The Morgan fingerprint density at radius 3 is 2.51 bits per heavy atom. The highest BCUT2D eigenvalue weighted by Gasteiger charge is 2.40. The maximum atomic E-state index is 14.8. The molecule has 1 amide bonds. The van der Waals surface area contributed by atoms with Crippen LogP contribution in [-0.4, -0.2) is 64.6 Å². The maximum absolute atomic E-state index is 14.8. The Morgan fingerprint density at radius 2 is 1.90 bits per heavy atom. The highest BCUT2D eigenvalue weighted by molar-refractivity contribution is 5.78. The summed E-state index contributed by atoms with van der Waals surface area (Å²) in [6, 6.07) is 3.52. The van der Waals surface area contributed by atoms with Crippen molar-refractivity contribution in [3.05, 3.63) is 35.8 Å². The Morgan fingerprint density at radius 1 is 1.21 bits per heavy atom. The molecule has 2 aromatic rings. The van der Waals surface area contributed by atoms with Gasteiger partial charge in [0.2, 0.25) is 11.9 Å². The van der Waals surface area contributed by atoms with E-state index in [-0.39, 0.29) is 59.4 Å². The van der Waals surface area contributed by atoms with Crippen molar-refractivity contribution in [1.29, 1.82) is 0 Å². The molecule has 2 saturated heterocycles. The van der Waals surface area contributed by atoms with Gasteiger partial charge in [0.05, 0.1) is 18.3 Å². The lowest BCUT2D eigenvalue weighted by atomic mass is 9.79. The number of nitrogens with one attached hydrogen (secondary N) is 2. The molecule has 8 nitrogen and oxygen atoms in total. The molecular formula is C27H36F4N6O2. The van der Waals surface area contributed by atoms with Crippen LogP contribution in [0.4, 0.5) is 35.0 Å². The van der Waals surface area contributed by atoms with Crippen molar-refractivity contribution < 1.29 is 27.1 Å². The average molecular weight is 553 g/mol. The molecule has 1 aromatic carbocycles. The van der Waals surface area contributed by atoms with Crippen LogP contribution in [0.1, 0.15) is 58.9 Å². The van der Waals surface area contributed by atoms with Crippen LogP contribution in [0, 0.1) is 5.82 Å². The van der Waals surface area contributed by atoms with Crippen LogP contribution in [-0.2, 0) is 11.0 Å². The average Bonchev–Trinajstić information content (AvgIpc) is 3.22. The van der Waals surface area contributed by atoms with E-state index < -0.39 is 17.6 Å². The second-order valence-corrected chi connectivity index (χ2v) is 11.6. The Balaban J connectivity index is 1.51. The monoisotopic (exact) mass is 552 g/mol. The summed E-state index contributed by atoms with van der Waals surface area (Å²) >= 11 is 0. The van der Waals surface area contributed by atoms with Crippen molar-refractivity contribution in [3.63, 3.8) is 0 Å². The standard InChI is InChI=1S/C27H36F4N6O2/c1-25(2)14-18(15-26(3,4)35-25)36(5)23-20(28)16-32-24(34-23)33-17-8-9-21(19(13-17)27(29,30)31)39-12-11-37-10-6-7-22(37)38/h8-9,13,16,18,35H,6-7,10-12,14-15H2,1-5H3,(H,32,33,34). The van der Waals surface area contributed by atoms with E-state index in [1.54, 1.807) is 16.8 Å². The number of nitrogens with zero attached hydrogens (tertiary/aromatic N) is 4. The summed E-state index contributed by atoms with van der Waals surface area (Å²) in [5.41, 5.74) is -1.24. The fraction of sp³-hybridized carbons (Fsp3) is 0.593. The summed E-state index contributed by atoms with van der Waals surface area (Å²) < 4.78 is 61.8. The first-order valence-corrected chi connectivity index (χ1v) is 13.1. The first kappa shape index (κ1) is 28.8. The number of amides is 1.